The first kappa shape index (κ1) is 14.9. The van der Waals surface area contributed by atoms with Gasteiger partial charge in [0.1, 0.15) is 0 Å². The Morgan fingerprint density at radius 3 is 2.67 bits per heavy atom. The van der Waals surface area contributed by atoms with Gasteiger partial charge in [0.2, 0.25) is 0 Å². The fraction of sp³-hybridized carbons (Fsp3) is 0.273. The molecule has 0 heterocycles. The quantitative estimate of drug-likeness (QED) is 0.763. The number of hydrogen-bond donors (Lipinski definition) is 3. The Kier molecular flexibility index (Phi) is 5.58. The van der Waals surface area contributed by atoms with E-state index in [-0.39, 0.29) is 13.0 Å². The van der Waals surface area contributed by atoms with Gasteiger partial charge in [-0.15, -0.1) is 0 Å². The summed E-state index contributed by atoms with van der Waals surface area (Å²) in [7, 11) is 0. The maximum atomic E-state index is 11.7. The SMILES string of the molecule is O=C(NCC[C@H](O)C(=O)O)c1ccc(Br)cc1Cl. The molecule has 1 aromatic carbocycles. The van der Waals surface area contributed by atoms with E-state index in [1.165, 1.54) is 0 Å². The van der Waals surface area contributed by atoms with Crippen molar-refractivity contribution in [2.75, 3.05) is 6.54 Å². The smallest absolute Gasteiger partial charge is 0.332 e. The summed E-state index contributed by atoms with van der Waals surface area (Å²) < 4.78 is 0.755. The van der Waals surface area contributed by atoms with E-state index >= 15 is 0 Å². The van der Waals surface area contributed by atoms with Gasteiger partial charge >= 0.3 is 5.97 Å². The van der Waals surface area contributed by atoms with Crippen molar-refractivity contribution in [3.05, 3.63) is 33.3 Å². The number of aliphatic carboxylic acids is 1. The van der Waals surface area contributed by atoms with Crippen LogP contribution in [-0.2, 0) is 4.79 Å². The summed E-state index contributed by atoms with van der Waals surface area (Å²) in [5, 5.41) is 20.2. The normalized spacial score (nSPS) is 11.9. The first-order valence-corrected chi connectivity index (χ1v) is 6.23. The van der Waals surface area contributed by atoms with Gasteiger partial charge in [-0.1, -0.05) is 27.5 Å². The summed E-state index contributed by atoms with van der Waals surface area (Å²) >= 11 is 9.10. The largest absolute Gasteiger partial charge is 0.479 e. The van der Waals surface area contributed by atoms with Crippen LogP contribution in [-0.4, -0.2) is 34.7 Å². The van der Waals surface area contributed by atoms with Gasteiger partial charge in [-0.05, 0) is 18.2 Å². The Morgan fingerprint density at radius 1 is 1.44 bits per heavy atom. The minimum absolute atomic E-state index is 0.0543. The van der Waals surface area contributed by atoms with E-state index in [1.807, 2.05) is 0 Å². The number of carbonyl (C=O) groups is 2. The van der Waals surface area contributed by atoms with Gasteiger partial charge in [0.25, 0.3) is 5.91 Å². The van der Waals surface area contributed by atoms with Crippen LogP contribution in [0.15, 0.2) is 22.7 Å². The third-order valence-electron chi connectivity index (χ3n) is 2.16. The molecule has 1 rings (SSSR count). The molecule has 0 aromatic heterocycles. The van der Waals surface area contributed by atoms with Gasteiger partial charge in [-0.3, -0.25) is 4.79 Å². The third-order valence-corrected chi connectivity index (χ3v) is 2.97. The molecule has 0 unspecified atom stereocenters. The zero-order valence-corrected chi connectivity index (χ0v) is 11.5. The second-order valence-electron chi connectivity index (χ2n) is 3.52. The first-order valence-electron chi connectivity index (χ1n) is 5.06. The predicted molar refractivity (Wildman–Crippen MR) is 69.7 cm³/mol. The maximum absolute atomic E-state index is 11.7. The van der Waals surface area contributed by atoms with Crippen LogP contribution in [0.5, 0.6) is 0 Å². The Balaban J connectivity index is 2.53. The van der Waals surface area contributed by atoms with Crippen LogP contribution in [0.25, 0.3) is 0 Å². The average Bonchev–Trinajstić information content (AvgIpc) is 2.28. The van der Waals surface area contributed by atoms with Crippen molar-refractivity contribution in [3.63, 3.8) is 0 Å². The van der Waals surface area contributed by atoms with E-state index in [0.29, 0.717) is 10.6 Å². The molecule has 3 N–H and O–H groups in total. The van der Waals surface area contributed by atoms with Crippen LogP contribution in [0.1, 0.15) is 16.8 Å². The molecule has 1 atom stereocenters. The molecule has 0 aliphatic carbocycles. The zero-order valence-electron chi connectivity index (χ0n) is 9.19. The van der Waals surface area contributed by atoms with Crippen LogP contribution < -0.4 is 5.32 Å². The molecule has 0 aliphatic heterocycles. The van der Waals surface area contributed by atoms with Gasteiger partial charge in [0, 0.05) is 17.4 Å². The molecule has 0 radical (unpaired) electrons. The number of aliphatic hydroxyl groups excluding tert-OH is 1. The van der Waals surface area contributed by atoms with E-state index < -0.39 is 18.0 Å². The molecule has 98 valence electrons. The van der Waals surface area contributed by atoms with Crippen LogP contribution in [0, 0.1) is 0 Å². The van der Waals surface area contributed by atoms with Crippen molar-refractivity contribution in [3.8, 4) is 0 Å². The number of halogens is 2. The van der Waals surface area contributed by atoms with Gasteiger partial charge in [-0.2, -0.15) is 0 Å². The van der Waals surface area contributed by atoms with Crippen molar-refractivity contribution in [1.29, 1.82) is 0 Å². The molecule has 18 heavy (non-hydrogen) atoms. The molecule has 1 aromatic rings. The Morgan fingerprint density at radius 2 is 2.11 bits per heavy atom. The fourth-order valence-corrected chi connectivity index (χ4v) is 1.97. The molecular formula is C11H11BrClNO4. The molecule has 0 spiro atoms. The lowest BCUT2D eigenvalue weighted by Gasteiger charge is -2.08. The van der Waals surface area contributed by atoms with Crippen molar-refractivity contribution >= 4 is 39.4 Å². The molecular weight excluding hydrogens is 325 g/mol. The van der Waals surface area contributed by atoms with Crippen molar-refractivity contribution < 1.29 is 19.8 Å². The highest BCUT2D eigenvalue weighted by Crippen LogP contribution is 2.21. The number of aliphatic hydroxyl groups is 1. The summed E-state index contributed by atoms with van der Waals surface area (Å²) in [5.74, 6) is -1.73. The monoisotopic (exact) mass is 335 g/mol. The third kappa shape index (κ3) is 4.29. The summed E-state index contributed by atoms with van der Waals surface area (Å²) in [6, 6.07) is 4.81. The standard InChI is InChI=1S/C11H11BrClNO4/c12-6-1-2-7(8(13)5-6)10(16)14-4-3-9(15)11(17)18/h1-2,5,9,15H,3-4H2,(H,14,16)(H,17,18)/t9-/m0/s1. The Labute approximate surface area is 117 Å². The number of nitrogens with one attached hydrogen (secondary N) is 1. The van der Waals surface area contributed by atoms with Crippen LogP contribution in [0.2, 0.25) is 5.02 Å². The lowest BCUT2D eigenvalue weighted by Crippen LogP contribution is -2.30. The molecule has 0 saturated heterocycles. The molecule has 7 heteroatoms. The zero-order chi connectivity index (χ0) is 13.7. The predicted octanol–water partition coefficient (Wildman–Crippen LogP) is 1.67. The van der Waals surface area contributed by atoms with Crippen molar-refractivity contribution in [2.24, 2.45) is 0 Å². The highest BCUT2D eigenvalue weighted by atomic mass is 79.9. The summed E-state index contributed by atoms with van der Waals surface area (Å²) in [4.78, 5) is 22.0. The molecule has 1 amide bonds. The van der Waals surface area contributed by atoms with Gasteiger partial charge < -0.3 is 15.5 Å². The summed E-state index contributed by atoms with van der Waals surface area (Å²) in [6.45, 7) is 0.0543. The lowest BCUT2D eigenvalue weighted by atomic mass is 10.2. The number of rotatable bonds is 5. The van der Waals surface area contributed by atoms with Crippen molar-refractivity contribution in [1.82, 2.24) is 5.32 Å². The summed E-state index contributed by atoms with van der Waals surface area (Å²) in [6.07, 6.45) is -1.54. The molecule has 0 aliphatic rings. The molecule has 0 saturated carbocycles. The van der Waals surface area contributed by atoms with Gasteiger partial charge in [0.05, 0.1) is 10.6 Å². The number of carboxylic acids is 1. The minimum atomic E-state index is -1.48. The number of amides is 1. The van der Waals surface area contributed by atoms with E-state index in [1.54, 1.807) is 18.2 Å². The van der Waals surface area contributed by atoms with E-state index in [2.05, 4.69) is 21.2 Å². The number of carboxylic acid groups (broad SMARTS) is 1. The lowest BCUT2D eigenvalue weighted by molar-refractivity contribution is -0.146. The average molecular weight is 337 g/mol. The molecule has 0 fully saturated rings. The van der Waals surface area contributed by atoms with Crippen LogP contribution >= 0.6 is 27.5 Å². The van der Waals surface area contributed by atoms with Gasteiger partial charge in [0.15, 0.2) is 6.10 Å². The van der Waals surface area contributed by atoms with E-state index in [9.17, 15) is 9.59 Å². The highest BCUT2D eigenvalue weighted by molar-refractivity contribution is 9.10. The van der Waals surface area contributed by atoms with Crippen molar-refractivity contribution in [2.45, 2.75) is 12.5 Å². The number of benzene rings is 1. The van der Waals surface area contributed by atoms with E-state index in [0.717, 1.165) is 4.47 Å². The molecule has 0 bridgehead atoms. The Bertz CT molecular complexity index is 466. The highest BCUT2D eigenvalue weighted by Gasteiger charge is 2.14. The minimum Gasteiger partial charge on any atom is -0.479 e. The maximum Gasteiger partial charge on any atom is 0.332 e. The number of hydrogen-bond acceptors (Lipinski definition) is 3. The number of carbonyl (C=O) groups excluding carboxylic acids is 1. The van der Waals surface area contributed by atoms with E-state index in [4.69, 9.17) is 21.8 Å². The Hall–Kier alpha value is -1.11. The summed E-state index contributed by atoms with van der Waals surface area (Å²) in [5.41, 5.74) is 0.296. The topological polar surface area (TPSA) is 86.6 Å². The second kappa shape index (κ2) is 6.72. The fourth-order valence-electron chi connectivity index (χ4n) is 1.21. The van der Waals surface area contributed by atoms with Crippen LogP contribution in [0.3, 0.4) is 0 Å². The first-order chi connectivity index (χ1) is 8.41. The second-order valence-corrected chi connectivity index (χ2v) is 4.85. The van der Waals surface area contributed by atoms with Gasteiger partial charge in [-0.25, -0.2) is 4.79 Å². The van der Waals surface area contributed by atoms with Crippen LogP contribution in [0.4, 0.5) is 0 Å². The molecule has 5 nitrogen and oxygen atoms in total.